The maximum Gasteiger partial charge on any atom is 0.254 e. The highest BCUT2D eigenvalue weighted by Crippen LogP contribution is 2.14. The van der Waals surface area contributed by atoms with Crippen LogP contribution in [0, 0.1) is 4.91 Å². The van der Waals surface area contributed by atoms with Gasteiger partial charge in [-0.1, -0.05) is 0 Å². The molecule has 1 amide bonds. The van der Waals surface area contributed by atoms with Crippen LogP contribution in [0.1, 0.15) is 10.4 Å². The van der Waals surface area contributed by atoms with E-state index in [2.05, 4.69) is 5.18 Å². The lowest BCUT2D eigenvalue weighted by Gasteiger charge is -2.26. The van der Waals surface area contributed by atoms with Gasteiger partial charge in [-0.2, -0.15) is 0 Å². The van der Waals surface area contributed by atoms with Crippen molar-refractivity contribution in [3.8, 4) is 0 Å². The topological polar surface area (TPSA) is 59.0 Å². The van der Waals surface area contributed by atoms with Crippen molar-refractivity contribution in [1.82, 2.24) is 4.90 Å². The van der Waals surface area contributed by atoms with E-state index in [9.17, 15) is 9.70 Å². The van der Waals surface area contributed by atoms with Crippen molar-refractivity contribution in [2.24, 2.45) is 5.18 Å². The molecule has 16 heavy (non-hydrogen) atoms. The minimum atomic E-state index is -0.0271. The van der Waals surface area contributed by atoms with Crippen molar-refractivity contribution in [3.63, 3.8) is 0 Å². The van der Waals surface area contributed by atoms with Gasteiger partial charge in [-0.15, -0.1) is 4.91 Å². The van der Waals surface area contributed by atoms with E-state index in [0.717, 1.165) is 0 Å². The standard InChI is InChI=1S/C11H12N2O3/c14-11(13-5-7-16-8-6-13)9-1-3-10(12-15)4-2-9/h1-4H,5-8H2. The van der Waals surface area contributed by atoms with E-state index in [0.29, 0.717) is 37.6 Å². The third-order valence-corrected chi connectivity index (χ3v) is 2.52. The molecule has 2 rings (SSSR count). The number of ether oxygens (including phenoxy) is 1. The van der Waals surface area contributed by atoms with Crippen LogP contribution < -0.4 is 0 Å². The molecule has 1 aromatic carbocycles. The predicted molar refractivity (Wildman–Crippen MR) is 58.6 cm³/mol. The summed E-state index contributed by atoms with van der Waals surface area (Å²) in [6.07, 6.45) is 0. The summed E-state index contributed by atoms with van der Waals surface area (Å²) in [5.74, 6) is -0.0271. The molecule has 0 aliphatic carbocycles. The molecule has 0 aromatic heterocycles. The number of hydrogen-bond donors (Lipinski definition) is 0. The monoisotopic (exact) mass is 220 g/mol. The van der Waals surface area contributed by atoms with Gasteiger partial charge in [0.05, 0.1) is 13.2 Å². The van der Waals surface area contributed by atoms with Crippen molar-refractivity contribution >= 4 is 11.6 Å². The number of carbonyl (C=O) groups is 1. The van der Waals surface area contributed by atoms with Gasteiger partial charge in [-0.3, -0.25) is 4.79 Å². The number of nitrogens with zero attached hydrogens (tertiary/aromatic N) is 2. The third kappa shape index (κ3) is 2.25. The fourth-order valence-corrected chi connectivity index (χ4v) is 1.61. The maximum absolute atomic E-state index is 12.0. The first-order chi connectivity index (χ1) is 7.81. The maximum atomic E-state index is 12.0. The Morgan fingerprint density at radius 2 is 1.81 bits per heavy atom. The molecule has 0 atom stereocenters. The van der Waals surface area contributed by atoms with Crippen molar-refractivity contribution in [2.75, 3.05) is 26.3 Å². The Hall–Kier alpha value is -1.75. The quantitative estimate of drug-likeness (QED) is 0.710. The van der Waals surface area contributed by atoms with E-state index < -0.39 is 0 Å². The van der Waals surface area contributed by atoms with Gasteiger partial charge in [-0.05, 0) is 29.4 Å². The Balaban J connectivity index is 2.10. The summed E-state index contributed by atoms with van der Waals surface area (Å²) >= 11 is 0. The highest BCUT2D eigenvalue weighted by molar-refractivity contribution is 5.94. The largest absolute Gasteiger partial charge is 0.378 e. The second-order valence-electron chi connectivity index (χ2n) is 3.54. The molecular formula is C11H12N2O3. The lowest BCUT2D eigenvalue weighted by atomic mass is 10.2. The first-order valence-corrected chi connectivity index (χ1v) is 5.12. The molecular weight excluding hydrogens is 208 g/mol. The van der Waals surface area contributed by atoms with E-state index in [4.69, 9.17) is 4.74 Å². The van der Waals surface area contributed by atoms with Crippen LogP contribution in [0.2, 0.25) is 0 Å². The van der Waals surface area contributed by atoms with E-state index in [1.54, 1.807) is 29.2 Å². The van der Waals surface area contributed by atoms with E-state index in [1.807, 2.05) is 0 Å². The van der Waals surface area contributed by atoms with Crippen LogP contribution in [-0.4, -0.2) is 37.1 Å². The molecule has 1 aromatic rings. The van der Waals surface area contributed by atoms with Gasteiger partial charge in [0.2, 0.25) is 0 Å². The first-order valence-electron chi connectivity index (χ1n) is 5.12. The molecule has 1 saturated heterocycles. The van der Waals surface area contributed by atoms with Crippen LogP contribution in [-0.2, 0) is 4.74 Å². The Bertz CT molecular complexity index is 383. The molecule has 0 radical (unpaired) electrons. The molecule has 1 aliphatic rings. The molecule has 0 N–H and O–H groups in total. The first kappa shape index (κ1) is 10.8. The van der Waals surface area contributed by atoms with Gasteiger partial charge in [0.15, 0.2) is 0 Å². The summed E-state index contributed by atoms with van der Waals surface area (Å²) < 4.78 is 5.17. The van der Waals surface area contributed by atoms with Crippen LogP contribution in [0.5, 0.6) is 0 Å². The van der Waals surface area contributed by atoms with Gasteiger partial charge in [-0.25, -0.2) is 0 Å². The lowest BCUT2D eigenvalue weighted by Crippen LogP contribution is -2.40. The van der Waals surface area contributed by atoms with Crippen LogP contribution in [0.4, 0.5) is 5.69 Å². The van der Waals surface area contributed by atoms with Gasteiger partial charge in [0, 0.05) is 18.7 Å². The van der Waals surface area contributed by atoms with Crippen molar-refractivity contribution in [3.05, 3.63) is 34.7 Å². The lowest BCUT2D eigenvalue weighted by molar-refractivity contribution is 0.0303. The van der Waals surface area contributed by atoms with Gasteiger partial charge in [0.25, 0.3) is 5.91 Å². The molecule has 0 bridgehead atoms. The molecule has 1 aliphatic heterocycles. The van der Waals surface area contributed by atoms with E-state index >= 15 is 0 Å². The number of carbonyl (C=O) groups excluding carboxylic acids is 1. The molecule has 5 heteroatoms. The van der Waals surface area contributed by atoms with Crippen LogP contribution in [0.15, 0.2) is 29.4 Å². The summed E-state index contributed by atoms with van der Waals surface area (Å²) in [5.41, 5.74) is 0.910. The Kier molecular flexibility index (Phi) is 3.26. The van der Waals surface area contributed by atoms with Gasteiger partial charge in [0.1, 0.15) is 5.69 Å². The van der Waals surface area contributed by atoms with Gasteiger partial charge < -0.3 is 9.64 Å². The number of benzene rings is 1. The third-order valence-electron chi connectivity index (χ3n) is 2.52. The molecule has 84 valence electrons. The smallest absolute Gasteiger partial charge is 0.254 e. The summed E-state index contributed by atoms with van der Waals surface area (Å²) in [4.78, 5) is 23.9. The van der Waals surface area contributed by atoms with Crippen LogP contribution in [0.25, 0.3) is 0 Å². The van der Waals surface area contributed by atoms with E-state index in [1.165, 1.54) is 0 Å². The molecule has 1 fully saturated rings. The Morgan fingerprint density at radius 3 is 2.38 bits per heavy atom. The number of nitroso groups, excluding NO2 is 1. The van der Waals surface area contributed by atoms with Crippen molar-refractivity contribution < 1.29 is 9.53 Å². The normalized spacial score (nSPS) is 15.9. The van der Waals surface area contributed by atoms with Gasteiger partial charge >= 0.3 is 0 Å². The average Bonchev–Trinajstić information content (AvgIpc) is 2.39. The van der Waals surface area contributed by atoms with Crippen molar-refractivity contribution in [1.29, 1.82) is 0 Å². The zero-order valence-electron chi connectivity index (χ0n) is 8.76. The summed E-state index contributed by atoms with van der Waals surface area (Å²) in [5, 5.41) is 2.79. The number of amides is 1. The average molecular weight is 220 g/mol. The highest BCUT2D eigenvalue weighted by atomic mass is 16.5. The van der Waals surface area contributed by atoms with E-state index in [-0.39, 0.29) is 5.91 Å². The number of rotatable bonds is 2. The molecule has 0 saturated carbocycles. The summed E-state index contributed by atoms with van der Waals surface area (Å²) in [6.45, 7) is 2.40. The van der Waals surface area contributed by atoms with Crippen LogP contribution in [0.3, 0.4) is 0 Å². The zero-order valence-corrected chi connectivity index (χ0v) is 8.76. The highest BCUT2D eigenvalue weighted by Gasteiger charge is 2.18. The fraction of sp³-hybridized carbons (Fsp3) is 0.364. The SMILES string of the molecule is O=Nc1ccc(C(=O)N2CCOCC2)cc1. The second kappa shape index (κ2) is 4.85. The molecule has 0 spiro atoms. The predicted octanol–water partition coefficient (Wildman–Crippen LogP) is 1.56. The second-order valence-corrected chi connectivity index (χ2v) is 3.54. The fourth-order valence-electron chi connectivity index (χ4n) is 1.61. The minimum Gasteiger partial charge on any atom is -0.378 e. The zero-order chi connectivity index (χ0) is 11.4. The summed E-state index contributed by atoms with van der Waals surface area (Å²) in [7, 11) is 0. The Morgan fingerprint density at radius 1 is 1.19 bits per heavy atom. The molecule has 0 unspecified atom stereocenters. The summed E-state index contributed by atoms with van der Waals surface area (Å²) in [6, 6.07) is 6.32. The van der Waals surface area contributed by atoms with Crippen molar-refractivity contribution in [2.45, 2.75) is 0 Å². The Labute approximate surface area is 93.0 Å². The number of hydrogen-bond acceptors (Lipinski definition) is 4. The number of morpholine rings is 1. The van der Waals surface area contributed by atoms with Crippen LogP contribution >= 0.6 is 0 Å². The molecule has 1 heterocycles. The molecule has 5 nitrogen and oxygen atoms in total. The minimum absolute atomic E-state index is 0.0271.